The lowest BCUT2D eigenvalue weighted by Crippen LogP contribution is -2.42. The Bertz CT molecular complexity index is 703. The second kappa shape index (κ2) is 8.92. The second-order valence-corrected chi connectivity index (χ2v) is 9.36. The number of fused-ring (bicyclic) bond motifs is 1. The Balaban J connectivity index is 0.00000261. The van der Waals surface area contributed by atoms with Crippen molar-refractivity contribution < 1.29 is 18.0 Å². The van der Waals surface area contributed by atoms with E-state index >= 15 is 0 Å². The van der Waals surface area contributed by atoms with Crippen LogP contribution in [0.3, 0.4) is 0 Å². The van der Waals surface area contributed by atoms with Crippen molar-refractivity contribution in [1.82, 2.24) is 14.1 Å². The maximum absolute atomic E-state index is 12.8. The summed E-state index contributed by atoms with van der Waals surface area (Å²) in [6, 6.07) is -0.425. The van der Waals surface area contributed by atoms with Crippen LogP contribution in [0.4, 0.5) is 0 Å². The Kier molecular flexibility index (Phi) is 7.33. The molecule has 0 spiro atoms. The molecule has 3 rings (SSSR count). The first-order valence-corrected chi connectivity index (χ1v) is 11.5. The molecule has 3 heterocycles. The van der Waals surface area contributed by atoms with Crippen LogP contribution in [0, 0.1) is 5.92 Å². The Hall–Kier alpha value is -1.12. The zero-order chi connectivity index (χ0) is 18.9. The van der Waals surface area contributed by atoms with E-state index in [1.54, 1.807) is 11.0 Å². The minimum Gasteiger partial charge on any atom is -0.329 e. The maximum atomic E-state index is 12.8. The fraction of sp³-hybridized carbons (Fsp3) is 0.778. The summed E-state index contributed by atoms with van der Waals surface area (Å²) in [4.78, 5) is 29.5. The summed E-state index contributed by atoms with van der Waals surface area (Å²) in [6.45, 7) is 5.17. The SMILES string of the molecule is CCCC1C(=O)N(S(C)(=O)=O)C2=CCN(C(=O)CCN3CCCCC3)[C@@H]21.Cl. The van der Waals surface area contributed by atoms with Gasteiger partial charge in [0, 0.05) is 19.5 Å². The molecule has 0 aliphatic carbocycles. The number of amides is 2. The summed E-state index contributed by atoms with van der Waals surface area (Å²) < 4.78 is 25.1. The topological polar surface area (TPSA) is 78.0 Å². The van der Waals surface area contributed by atoms with Crippen molar-refractivity contribution in [3.63, 3.8) is 0 Å². The summed E-state index contributed by atoms with van der Waals surface area (Å²) in [5.41, 5.74) is 0.474. The number of piperidine rings is 1. The molecule has 2 atom stereocenters. The number of carbonyl (C=O) groups is 2. The molecule has 3 aliphatic heterocycles. The van der Waals surface area contributed by atoms with Gasteiger partial charge in [-0.3, -0.25) is 9.59 Å². The van der Waals surface area contributed by atoms with E-state index in [9.17, 15) is 18.0 Å². The molecule has 27 heavy (non-hydrogen) atoms. The Morgan fingerprint density at radius 2 is 1.89 bits per heavy atom. The number of hydrogen-bond acceptors (Lipinski definition) is 5. The van der Waals surface area contributed by atoms with Gasteiger partial charge in [0.05, 0.1) is 23.9 Å². The number of hydrogen-bond donors (Lipinski definition) is 0. The molecule has 1 unspecified atom stereocenters. The highest BCUT2D eigenvalue weighted by Crippen LogP contribution is 2.40. The average Bonchev–Trinajstić information content (AvgIpc) is 3.12. The minimum atomic E-state index is -3.67. The molecule has 0 saturated carbocycles. The second-order valence-electron chi connectivity index (χ2n) is 7.53. The molecule has 7 nitrogen and oxygen atoms in total. The standard InChI is InChI=1S/C18H29N3O4S.ClH/c1-3-7-14-17-15(21(18(14)23)26(2,24)25)8-13-20(17)16(22)9-12-19-10-5-4-6-11-19;/h8,14,17H,3-7,9-13H2,1-2H3;1H/t14?,17-;/m1./s1. The lowest BCUT2D eigenvalue weighted by atomic mass is 9.96. The zero-order valence-corrected chi connectivity index (χ0v) is 17.7. The quantitative estimate of drug-likeness (QED) is 0.653. The molecule has 9 heteroatoms. The van der Waals surface area contributed by atoms with Crippen LogP contribution in [0.1, 0.15) is 45.4 Å². The molecule has 0 aromatic rings. The summed E-state index contributed by atoms with van der Waals surface area (Å²) in [6.07, 6.45) is 8.19. The van der Waals surface area contributed by atoms with Crippen molar-refractivity contribution in [3.8, 4) is 0 Å². The molecule has 0 aromatic carbocycles. The van der Waals surface area contributed by atoms with Gasteiger partial charge >= 0.3 is 0 Å². The first kappa shape index (κ1) is 22.2. The van der Waals surface area contributed by atoms with Gasteiger partial charge < -0.3 is 9.80 Å². The van der Waals surface area contributed by atoms with Crippen molar-refractivity contribution in [3.05, 3.63) is 11.8 Å². The van der Waals surface area contributed by atoms with Crippen molar-refractivity contribution in [2.45, 2.75) is 51.5 Å². The Morgan fingerprint density at radius 1 is 1.22 bits per heavy atom. The molecular formula is C18H30ClN3O4S. The van der Waals surface area contributed by atoms with E-state index in [0.717, 1.165) is 36.6 Å². The summed E-state index contributed by atoms with van der Waals surface area (Å²) in [5, 5.41) is 0. The largest absolute Gasteiger partial charge is 0.329 e. The van der Waals surface area contributed by atoms with Crippen LogP contribution >= 0.6 is 12.4 Å². The minimum absolute atomic E-state index is 0. The van der Waals surface area contributed by atoms with Crippen LogP contribution in [0.2, 0.25) is 0 Å². The number of likely N-dealkylation sites (tertiary alicyclic amines) is 1. The third kappa shape index (κ3) is 4.49. The van der Waals surface area contributed by atoms with E-state index in [0.29, 0.717) is 25.1 Å². The lowest BCUT2D eigenvalue weighted by molar-refractivity contribution is -0.134. The molecule has 2 amide bonds. The normalized spacial score (nSPS) is 26.0. The van der Waals surface area contributed by atoms with Gasteiger partial charge in [0.1, 0.15) is 0 Å². The molecule has 0 aromatic heterocycles. The monoisotopic (exact) mass is 419 g/mol. The Morgan fingerprint density at radius 3 is 2.48 bits per heavy atom. The molecule has 2 saturated heterocycles. The van der Waals surface area contributed by atoms with Crippen LogP contribution in [-0.2, 0) is 19.6 Å². The van der Waals surface area contributed by atoms with E-state index < -0.39 is 22.0 Å². The molecular weight excluding hydrogens is 390 g/mol. The fourth-order valence-electron chi connectivity index (χ4n) is 4.41. The Labute approximate surface area is 168 Å². The predicted octanol–water partition coefficient (Wildman–Crippen LogP) is 1.60. The summed E-state index contributed by atoms with van der Waals surface area (Å²) in [7, 11) is -3.67. The molecule has 3 aliphatic rings. The van der Waals surface area contributed by atoms with Gasteiger partial charge in [0.15, 0.2) is 0 Å². The molecule has 0 N–H and O–H groups in total. The van der Waals surface area contributed by atoms with Gasteiger partial charge in [0.2, 0.25) is 21.8 Å². The van der Waals surface area contributed by atoms with E-state index in [4.69, 9.17) is 0 Å². The van der Waals surface area contributed by atoms with Gasteiger partial charge in [0.25, 0.3) is 0 Å². The lowest BCUT2D eigenvalue weighted by Gasteiger charge is -2.30. The smallest absolute Gasteiger partial charge is 0.246 e. The third-order valence-electron chi connectivity index (χ3n) is 5.61. The molecule has 0 radical (unpaired) electrons. The summed E-state index contributed by atoms with van der Waals surface area (Å²) >= 11 is 0. The molecule has 0 bridgehead atoms. The maximum Gasteiger partial charge on any atom is 0.246 e. The highest BCUT2D eigenvalue weighted by Gasteiger charge is 2.53. The van der Waals surface area contributed by atoms with Crippen LogP contribution in [0.5, 0.6) is 0 Å². The van der Waals surface area contributed by atoms with E-state index in [-0.39, 0.29) is 24.2 Å². The van der Waals surface area contributed by atoms with Crippen LogP contribution < -0.4 is 0 Å². The van der Waals surface area contributed by atoms with E-state index in [1.807, 2.05) is 6.92 Å². The van der Waals surface area contributed by atoms with Crippen LogP contribution in [0.15, 0.2) is 11.8 Å². The van der Waals surface area contributed by atoms with Crippen molar-refractivity contribution in [1.29, 1.82) is 0 Å². The van der Waals surface area contributed by atoms with Gasteiger partial charge in [-0.1, -0.05) is 19.8 Å². The number of halogens is 1. The number of rotatable bonds is 6. The van der Waals surface area contributed by atoms with Crippen molar-refractivity contribution in [2.75, 3.05) is 32.4 Å². The average molecular weight is 420 g/mol. The number of sulfonamides is 1. The van der Waals surface area contributed by atoms with Gasteiger partial charge in [-0.2, -0.15) is 0 Å². The zero-order valence-electron chi connectivity index (χ0n) is 16.1. The van der Waals surface area contributed by atoms with E-state index in [1.165, 1.54) is 19.3 Å². The first-order chi connectivity index (χ1) is 12.3. The van der Waals surface area contributed by atoms with Gasteiger partial charge in [-0.15, -0.1) is 12.4 Å². The van der Waals surface area contributed by atoms with Gasteiger partial charge in [-0.05, 0) is 38.4 Å². The van der Waals surface area contributed by atoms with Crippen LogP contribution in [-0.4, -0.2) is 72.8 Å². The third-order valence-corrected chi connectivity index (χ3v) is 6.67. The molecule has 2 fully saturated rings. The van der Waals surface area contributed by atoms with Crippen molar-refractivity contribution in [2.24, 2.45) is 5.92 Å². The predicted molar refractivity (Wildman–Crippen MR) is 106 cm³/mol. The number of carbonyl (C=O) groups excluding carboxylic acids is 2. The fourth-order valence-corrected chi connectivity index (χ4v) is 5.44. The van der Waals surface area contributed by atoms with Gasteiger partial charge in [-0.25, -0.2) is 12.7 Å². The van der Waals surface area contributed by atoms with Crippen LogP contribution in [0.25, 0.3) is 0 Å². The van der Waals surface area contributed by atoms with E-state index in [2.05, 4.69) is 4.90 Å². The summed E-state index contributed by atoms with van der Waals surface area (Å²) in [5.74, 6) is -0.836. The first-order valence-electron chi connectivity index (χ1n) is 9.60. The highest BCUT2D eigenvalue weighted by molar-refractivity contribution is 7.89. The molecule has 154 valence electrons. The highest BCUT2D eigenvalue weighted by atomic mass is 35.5. The number of nitrogens with zero attached hydrogens (tertiary/aromatic N) is 3. The van der Waals surface area contributed by atoms with Crippen molar-refractivity contribution >= 4 is 34.2 Å².